The molecule has 26 heavy (non-hydrogen) atoms. The van der Waals surface area contributed by atoms with Crippen LogP contribution in [0.5, 0.6) is 0 Å². The molecular weight excluding hydrogens is 330 g/mol. The van der Waals surface area contributed by atoms with Crippen LogP contribution in [0.4, 0.5) is 5.69 Å². The molecule has 1 aromatic rings. The van der Waals surface area contributed by atoms with Crippen molar-refractivity contribution in [1.82, 2.24) is 0 Å². The molecule has 0 spiro atoms. The van der Waals surface area contributed by atoms with E-state index in [1.54, 1.807) is 0 Å². The predicted octanol–water partition coefficient (Wildman–Crippen LogP) is 2.90. The van der Waals surface area contributed by atoms with Gasteiger partial charge in [-0.1, -0.05) is 24.3 Å². The van der Waals surface area contributed by atoms with Crippen LogP contribution < -0.4 is 5.32 Å². The maximum absolute atomic E-state index is 12.6. The Bertz CT molecular complexity index is 703. The number of benzene rings is 1. The lowest BCUT2D eigenvalue weighted by Gasteiger charge is -2.25. The monoisotopic (exact) mass is 357 g/mol. The summed E-state index contributed by atoms with van der Waals surface area (Å²) in [5.41, 5.74) is 1.73. The summed E-state index contributed by atoms with van der Waals surface area (Å²) >= 11 is 0. The lowest BCUT2D eigenvalue weighted by atomic mass is 9.80. The maximum atomic E-state index is 12.6. The number of aliphatic hydroxyl groups is 1. The van der Waals surface area contributed by atoms with Gasteiger partial charge in [0.1, 0.15) is 12.2 Å². The molecule has 0 unspecified atom stereocenters. The van der Waals surface area contributed by atoms with Crippen molar-refractivity contribution in [3.8, 4) is 0 Å². The third kappa shape index (κ3) is 3.26. The van der Waals surface area contributed by atoms with E-state index < -0.39 is 6.10 Å². The molecule has 0 aromatic heterocycles. The molecule has 4 rings (SSSR count). The molecule has 2 heterocycles. The zero-order valence-corrected chi connectivity index (χ0v) is 15.4. The summed E-state index contributed by atoms with van der Waals surface area (Å²) < 4.78 is 11.7. The van der Waals surface area contributed by atoms with Crippen LogP contribution in [0.2, 0.25) is 0 Å². The Morgan fingerprint density at radius 3 is 2.85 bits per heavy atom. The summed E-state index contributed by atoms with van der Waals surface area (Å²) in [5, 5.41) is 13.9. The molecule has 6 atom stereocenters. The van der Waals surface area contributed by atoms with Crippen molar-refractivity contribution < 1.29 is 19.4 Å². The standard InChI is InChI=1S/C21H27NO4/c1-13-7-6-10-21(2)19(26-21)18-15(11-17(13)23)16(20(24)25-18)12-22-14-8-4-3-5-9-14/h3-5,7-9,15-19,22-23H,6,10-12H2,1-2H3/b13-7+/t15-,16-,17+,18-,19+,21+/m1/s1. The fourth-order valence-electron chi connectivity index (χ4n) is 4.35. The van der Waals surface area contributed by atoms with Crippen molar-refractivity contribution in [2.75, 3.05) is 11.9 Å². The van der Waals surface area contributed by atoms with Crippen LogP contribution in [0.3, 0.4) is 0 Å². The second-order valence-electron chi connectivity index (χ2n) is 8.01. The number of aliphatic hydroxyl groups excluding tert-OH is 1. The highest BCUT2D eigenvalue weighted by Crippen LogP contribution is 2.50. The Morgan fingerprint density at radius 2 is 2.08 bits per heavy atom. The number of nitrogens with one attached hydrogen (secondary N) is 1. The van der Waals surface area contributed by atoms with Gasteiger partial charge in [-0.05, 0) is 50.8 Å². The zero-order valence-electron chi connectivity index (χ0n) is 15.4. The third-order valence-corrected chi connectivity index (χ3v) is 6.16. The Kier molecular flexibility index (Phi) is 4.53. The highest BCUT2D eigenvalue weighted by molar-refractivity contribution is 5.76. The predicted molar refractivity (Wildman–Crippen MR) is 98.7 cm³/mol. The van der Waals surface area contributed by atoms with Gasteiger partial charge in [0.25, 0.3) is 0 Å². The van der Waals surface area contributed by atoms with Gasteiger partial charge in [0.05, 0.1) is 17.6 Å². The quantitative estimate of drug-likeness (QED) is 0.494. The molecule has 0 saturated carbocycles. The van der Waals surface area contributed by atoms with E-state index >= 15 is 0 Å². The highest BCUT2D eigenvalue weighted by Gasteiger charge is 2.63. The van der Waals surface area contributed by atoms with Gasteiger partial charge in [0, 0.05) is 18.2 Å². The Balaban J connectivity index is 1.55. The minimum atomic E-state index is -0.542. The molecule has 2 aliphatic heterocycles. The average Bonchev–Trinajstić information content (AvgIpc) is 3.20. The molecule has 1 aliphatic carbocycles. The number of esters is 1. The first-order chi connectivity index (χ1) is 12.5. The van der Waals surface area contributed by atoms with Gasteiger partial charge in [-0.3, -0.25) is 4.79 Å². The first kappa shape index (κ1) is 17.6. The fraction of sp³-hybridized carbons (Fsp3) is 0.571. The van der Waals surface area contributed by atoms with E-state index in [0.29, 0.717) is 13.0 Å². The molecule has 140 valence electrons. The second-order valence-corrected chi connectivity index (χ2v) is 8.01. The van der Waals surface area contributed by atoms with E-state index in [4.69, 9.17) is 9.47 Å². The van der Waals surface area contributed by atoms with Gasteiger partial charge in [-0.15, -0.1) is 0 Å². The minimum Gasteiger partial charge on any atom is -0.459 e. The number of rotatable bonds is 3. The number of epoxide rings is 1. The number of allylic oxidation sites excluding steroid dienone is 1. The van der Waals surface area contributed by atoms with Gasteiger partial charge in [0.2, 0.25) is 0 Å². The van der Waals surface area contributed by atoms with Gasteiger partial charge < -0.3 is 19.9 Å². The van der Waals surface area contributed by atoms with Crippen molar-refractivity contribution in [1.29, 1.82) is 0 Å². The molecule has 0 radical (unpaired) electrons. The molecular formula is C21H27NO4. The molecule has 5 nitrogen and oxygen atoms in total. The first-order valence-electron chi connectivity index (χ1n) is 9.50. The smallest absolute Gasteiger partial charge is 0.311 e. The molecule has 0 bridgehead atoms. The van der Waals surface area contributed by atoms with Crippen LogP contribution in [0.25, 0.3) is 0 Å². The van der Waals surface area contributed by atoms with Crippen LogP contribution in [0.15, 0.2) is 42.0 Å². The molecule has 3 aliphatic rings. The average molecular weight is 357 g/mol. The fourth-order valence-corrected chi connectivity index (χ4v) is 4.35. The van der Waals surface area contributed by atoms with Crippen molar-refractivity contribution in [3.63, 3.8) is 0 Å². The highest BCUT2D eigenvalue weighted by atomic mass is 16.6. The van der Waals surface area contributed by atoms with Crippen molar-refractivity contribution in [3.05, 3.63) is 42.0 Å². The van der Waals surface area contributed by atoms with Crippen molar-refractivity contribution in [2.24, 2.45) is 11.8 Å². The normalized spacial score (nSPS) is 41.3. The number of anilines is 1. The van der Waals surface area contributed by atoms with Gasteiger partial charge >= 0.3 is 5.97 Å². The van der Waals surface area contributed by atoms with Gasteiger partial charge in [-0.2, -0.15) is 0 Å². The van der Waals surface area contributed by atoms with Crippen molar-refractivity contribution in [2.45, 2.75) is 57.0 Å². The summed E-state index contributed by atoms with van der Waals surface area (Å²) in [5.74, 6) is -0.521. The molecule has 2 N–H and O–H groups in total. The maximum Gasteiger partial charge on any atom is 0.311 e. The molecule has 2 saturated heterocycles. The Morgan fingerprint density at radius 1 is 1.31 bits per heavy atom. The van der Waals surface area contributed by atoms with Gasteiger partial charge in [-0.25, -0.2) is 0 Å². The van der Waals surface area contributed by atoms with Crippen LogP contribution in [-0.4, -0.2) is 41.5 Å². The van der Waals surface area contributed by atoms with Crippen molar-refractivity contribution >= 4 is 11.7 Å². The number of ether oxygens (including phenoxy) is 2. The third-order valence-electron chi connectivity index (χ3n) is 6.16. The van der Waals surface area contributed by atoms with Crippen LogP contribution in [-0.2, 0) is 14.3 Å². The number of carbonyl (C=O) groups is 1. The lowest BCUT2D eigenvalue weighted by molar-refractivity contribution is -0.144. The van der Waals surface area contributed by atoms with E-state index in [1.807, 2.05) is 37.3 Å². The van der Waals surface area contributed by atoms with E-state index in [-0.39, 0.29) is 35.6 Å². The first-order valence-corrected chi connectivity index (χ1v) is 9.50. The van der Waals surface area contributed by atoms with E-state index in [1.165, 1.54) is 0 Å². The van der Waals surface area contributed by atoms with Crippen LogP contribution >= 0.6 is 0 Å². The topological polar surface area (TPSA) is 71.1 Å². The number of para-hydroxylation sites is 1. The summed E-state index contributed by atoms with van der Waals surface area (Å²) in [4.78, 5) is 12.6. The molecule has 0 amide bonds. The zero-order chi connectivity index (χ0) is 18.3. The van der Waals surface area contributed by atoms with Crippen LogP contribution in [0.1, 0.15) is 33.1 Å². The van der Waals surface area contributed by atoms with Gasteiger partial charge in [0.15, 0.2) is 0 Å². The summed E-state index contributed by atoms with van der Waals surface area (Å²) in [7, 11) is 0. The lowest BCUT2D eigenvalue weighted by Crippen LogP contribution is -2.35. The second kappa shape index (κ2) is 6.71. The number of hydrogen-bond donors (Lipinski definition) is 2. The molecule has 5 heteroatoms. The van der Waals surface area contributed by atoms with E-state index in [0.717, 1.165) is 24.1 Å². The number of fused-ring (bicyclic) bond motifs is 3. The largest absolute Gasteiger partial charge is 0.459 e. The summed E-state index contributed by atoms with van der Waals surface area (Å²) in [6, 6.07) is 9.84. The Labute approximate surface area is 154 Å². The minimum absolute atomic E-state index is 0.0537. The Hall–Kier alpha value is -1.85. The van der Waals surface area contributed by atoms with Crippen LogP contribution in [0, 0.1) is 11.8 Å². The van der Waals surface area contributed by atoms with E-state index in [2.05, 4.69) is 18.3 Å². The molecule has 2 fully saturated rings. The summed E-state index contributed by atoms with van der Waals surface area (Å²) in [6.45, 7) is 4.56. The number of carbonyl (C=O) groups excluding carboxylic acids is 1. The summed E-state index contributed by atoms with van der Waals surface area (Å²) in [6.07, 6.45) is 3.52. The van der Waals surface area contributed by atoms with E-state index in [9.17, 15) is 9.90 Å². The number of hydrogen-bond acceptors (Lipinski definition) is 5. The SMILES string of the molecule is C/C1=C\CC[C@]2(C)O[C@H]2[C@@H]2OC(=O)[C@H](CNc3ccccc3)[C@H]2C[C@@H]1O. The molecule has 1 aromatic carbocycles.